The fourth-order valence-corrected chi connectivity index (χ4v) is 4.81. The summed E-state index contributed by atoms with van der Waals surface area (Å²) in [6, 6.07) is -9.16. The maximum atomic E-state index is 13.7. The monoisotopic (exact) mass is 782 g/mol. The molecule has 1 aromatic rings. The molecule has 6 amide bonds. The van der Waals surface area contributed by atoms with Gasteiger partial charge >= 0.3 is 17.9 Å². The molecule has 0 aliphatic heterocycles. The Hall–Kier alpha value is -6.33. The highest BCUT2D eigenvalue weighted by Gasteiger charge is 2.34. The molecule has 24 nitrogen and oxygen atoms in total. The Morgan fingerprint density at radius 3 is 1.75 bits per heavy atom. The SMILES string of the molecule is CC(C)CC(NC(=O)C(CC(=O)O)NC(=O)C(Cc1cnc[nH]1)NC(=O)C(CCCN=C(N)N)NC(=O)C(C)NC(=O)C(CC(=O)O)NC(=O)CN)C(=O)O. The lowest BCUT2D eigenvalue weighted by Gasteiger charge is -2.26. The normalized spacial score (nSPS) is 14.1. The maximum Gasteiger partial charge on any atom is 0.326 e. The van der Waals surface area contributed by atoms with Gasteiger partial charge in [-0.3, -0.25) is 43.3 Å². The average molecular weight is 783 g/mol. The molecule has 6 atom stereocenters. The first-order chi connectivity index (χ1) is 25.7. The number of H-pyrrole nitrogens is 1. The number of nitrogens with zero attached hydrogens (tertiary/aromatic N) is 2. The molecule has 24 heteroatoms. The summed E-state index contributed by atoms with van der Waals surface area (Å²) in [6.45, 7) is 4.08. The number of aromatic nitrogens is 2. The van der Waals surface area contributed by atoms with Crippen molar-refractivity contribution >= 4 is 59.3 Å². The first-order valence-electron chi connectivity index (χ1n) is 16.9. The quantitative estimate of drug-likeness (QED) is 0.0251. The molecule has 0 spiro atoms. The van der Waals surface area contributed by atoms with Gasteiger partial charge in [0.15, 0.2) is 5.96 Å². The smallest absolute Gasteiger partial charge is 0.326 e. The molecule has 306 valence electrons. The molecule has 0 bridgehead atoms. The van der Waals surface area contributed by atoms with Gasteiger partial charge in [0.1, 0.15) is 36.3 Å². The topological polar surface area (TPSA) is 406 Å². The Labute approximate surface area is 314 Å². The third-order valence-electron chi connectivity index (χ3n) is 7.49. The number of carboxylic acids is 3. The van der Waals surface area contributed by atoms with E-state index in [2.05, 4.69) is 46.9 Å². The molecular formula is C31H50N12O12. The van der Waals surface area contributed by atoms with Crippen molar-refractivity contribution < 1.29 is 58.5 Å². The summed E-state index contributed by atoms with van der Waals surface area (Å²) in [7, 11) is 0. The number of aliphatic carboxylic acids is 3. The number of rotatable bonds is 25. The lowest BCUT2D eigenvalue weighted by Crippen LogP contribution is -2.60. The number of amides is 6. The van der Waals surface area contributed by atoms with Crippen LogP contribution in [-0.4, -0.2) is 134 Å². The number of aliphatic imine (C=N–C) groups is 1. The highest BCUT2D eigenvalue weighted by Crippen LogP contribution is 2.08. The van der Waals surface area contributed by atoms with Crippen LogP contribution < -0.4 is 49.1 Å². The van der Waals surface area contributed by atoms with Gasteiger partial charge in [0.05, 0.1) is 25.7 Å². The highest BCUT2D eigenvalue weighted by molar-refractivity contribution is 5.98. The van der Waals surface area contributed by atoms with Crippen LogP contribution in [0.3, 0.4) is 0 Å². The van der Waals surface area contributed by atoms with Crippen molar-refractivity contribution in [1.82, 2.24) is 41.9 Å². The molecule has 0 aromatic carbocycles. The number of nitrogens with two attached hydrogens (primary N) is 3. The van der Waals surface area contributed by atoms with Crippen molar-refractivity contribution in [1.29, 1.82) is 0 Å². The van der Waals surface area contributed by atoms with E-state index in [-0.39, 0.29) is 44.1 Å². The maximum absolute atomic E-state index is 13.7. The van der Waals surface area contributed by atoms with Crippen LogP contribution in [0.5, 0.6) is 0 Å². The van der Waals surface area contributed by atoms with Gasteiger partial charge in [0.25, 0.3) is 0 Å². The molecule has 1 aromatic heterocycles. The average Bonchev–Trinajstić information content (AvgIpc) is 3.60. The molecule has 0 aliphatic rings. The molecule has 1 heterocycles. The van der Waals surface area contributed by atoms with Crippen LogP contribution in [0.2, 0.25) is 0 Å². The van der Waals surface area contributed by atoms with E-state index in [0.717, 1.165) is 0 Å². The Kier molecular flexibility index (Phi) is 19.8. The second-order valence-corrected chi connectivity index (χ2v) is 12.7. The van der Waals surface area contributed by atoms with E-state index >= 15 is 0 Å². The summed E-state index contributed by atoms with van der Waals surface area (Å²) < 4.78 is 0. The van der Waals surface area contributed by atoms with Gasteiger partial charge in [-0.15, -0.1) is 0 Å². The van der Waals surface area contributed by atoms with Crippen LogP contribution >= 0.6 is 0 Å². The van der Waals surface area contributed by atoms with Crippen molar-refractivity contribution in [2.24, 2.45) is 28.1 Å². The fraction of sp³-hybridized carbons (Fsp3) is 0.581. The van der Waals surface area contributed by atoms with E-state index in [4.69, 9.17) is 22.3 Å². The molecule has 0 radical (unpaired) electrons. The van der Waals surface area contributed by atoms with Crippen molar-refractivity contribution in [3.8, 4) is 0 Å². The Balaban J connectivity index is 3.34. The molecule has 1 rings (SSSR count). The summed E-state index contributed by atoms with van der Waals surface area (Å²) in [6.07, 6.45) is 0.480. The third kappa shape index (κ3) is 18.3. The van der Waals surface area contributed by atoms with Crippen LogP contribution in [0, 0.1) is 5.92 Å². The number of aromatic amines is 1. The zero-order chi connectivity index (χ0) is 41.8. The summed E-state index contributed by atoms with van der Waals surface area (Å²) >= 11 is 0. The lowest BCUT2D eigenvalue weighted by atomic mass is 10.0. The minimum Gasteiger partial charge on any atom is -0.481 e. The molecule has 0 saturated carbocycles. The predicted molar refractivity (Wildman–Crippen MR) is 190 cm³/mol. The highest BCUT2D eigenvalue weighted by atomic mass is 16.4. The van der Waals surface area contributed by atoms with Gasteiger partial charge in [0, 0.05) is 24.9 Å². The second-order valence-electron chi connectivity index (χ2n) is 12.7. The van der Waals surface area contributed by atoms with Crippen molar-refractivity contribution in [3.05, 3.63) is 18.2 Å². The largest absolute Gasteiger partial charge is 0.481 e. The summed E-state index contributed by atoms with van der Waals surface area (Å²) in [5.74, 6) is -10.7. The molecule has 6 unspecified atom stereocenters. The summed E-state index contributed by atoms with van der Waals surface area (Å²) in [5, 5.41) is 41.9. The second kappa shape index (κ2) is 23.4. The van der Waals surface area contributed by atoms with E-state index < -0.39 is 109 Å². The summed E-state index contributed by atoms with van der Waals surface area (Å²) in [4.78, 5) is 123. The molecule has 0 saturated heterocycles. The summed E-state index contributed by atoms with van der Waals surface area (Å²) in [5.41, 5.74) is 16.3. The number of carbonyl (C=O) groups excluding carboxylic acids is 6. The van der Waals surface area contributed by atoms with E-state index in [1.165, 1.54) is 19.4 Å². The Morgan fingerprint density at radius 1 is 0.727 bits per heavy atom. The van der Waals surface area contributed by atoms with Gasteiger partial charge in [-0.2, -0.15) is 0 Å². The number of nitrogens with one attached hydrogen (secondary N) is 7. The van der Waals surface area contributed by atoms with Gasteiger partial charge in [-0.25, -0.2) is 9.78 Å². The lowest BCUT2D eigenvalue weighted by molar-refractivity contribution is -0.144. The van der Waals surface area contributed by atoms with E-state index in [9.17, 15) is 53.4 Å². The first-order valence-corrected chi connectivity index (χ1v) is 16.9. The molecular weight excluding hydrogens is 732 g/mol. The molecule has 16 N–H and O–H groups in total. The van der Waals surface area contributed by atoms with E-state index in [1.807, 2.05) is 0 Å². The third-order valence-corrected chi connectivity index (χ3v) is 7.49. The fourth-order valence-electron chi connectivity index (χ4n) is 4.81. The van der Waals surface area contributed by atoms with E-state index in [1.54, 1.807) is 13.8 Å². The van der Waals surface area contributed by atoms with Crippen LogP contribution in [0.25, 0.3) is 0 Å². The number of guanidine groups is 1. The number of hydrogen-bond acceptors (Lipinski definition) is 12. The minimum atomic E-state index is -1.78. The number of hydrogen-bond donors (Lipinski definition) is 13. The van der Waals surface area contributed by atoms with Gasteiger partial charge in [0.2, 0.25) is 35.4 Å². The Morgan fingerprint density at radius 2 is 1.24 bits per heavy atom. The van der Waals surface area contributed by atoms with Crippen molar-refractivity contribution in [2.75, 3.05) is 13.1 Å². The van der Waals surface area contributed by atoms with Crippen LogP contribution in [0.1, 0.15) is 58.6 Å². The van der Waals surface area contributed by atoms with Gasteiger partial charge < -0.3 is 69.4 Å². The number of carboxylic acid groups (broad SMARTS) is 3. The number of imidazole rings is 1. The standard InChI is InChI=1S/C31H50N12O12/c1-14(2)7-21(30(54)55)43-29(53)20(10-24(47)48)42-28(52)18(8-16-12-35-13-37-16)41-26(50)17(5-4-6-36-31(33)34)40-25(49)15(3)38-27(51)19(9-23(45)46)39-22(44)11-32/h12-15,17-21H,4-11,32H2,1-3H3,(H,35,37)(H,38,51)(H,39,44)(H,40,49)(H,41,50)(H,42,52)(H,43,53)(H,45,46)(H,47,48)(H,54,55)(H4,33,34,36). The van der Waals surface area contributed by atoms with Crippen LogP contribution in [0.15, 0.2) is 17.5 Å². The van der Waals surface area contributed by atoms with Crippen molar-refractivity contribution in [3.63, 3.8) is 0 Å². The minimum absolute atomic E-state index is 0.000324. The van der Waals surface area contributed by atoms with Crippen LogP contribution in [-0.2, 0) is 49.6 Å². The van der Waals surface area contributed by atoms with Gasteiger partial charge in [-0.1, -0.05) is 13.8 Å². The molecule has 0 aliphatic carbocycles. The van der Waals surface area contributed by atoms with E-state index in [0.29, 0.717) is 5.69 Å². The van der Waals surface area contributed by atoms with Crippen molar-refractivity contribution in [2.45, 2.75) is 95.5 Å². The predicted octanol–water partition coefficient (Wildman–Crippen LogP) is -5.03. The molecule has 0 fully saturated rings. The van der Waals surface area contributed by atoms with Gasteiger partial charge in [-0.05, 0) is 32.1 Å². The zero-order valence-corrected chi connectivity index (χ0v) is 30.5. The Bertz CT molecular complexity index is 1550. The zero-order valence-electron chi connectivity index (χ0n) is 30.5. The number of carbonyl (C=O) groups is 9. The molecule has 55 heavy (non-hydrogen) atoms. The van der Waals surface area contributed by atoms with Crippen LogP contribution in [0.4, 0.5) is 0 Å². The first kappa shape index (κ1) is 46.7.